The molecule has 0 saturated heterocycles. The maximum absolute atomic E-state index is 12.6. The third kappa shape index (κ3) is 6.53. The number of aromatic nitrogens is 3. The fourth-order valence-electron chi connectivity index (χ4n) is 2.55. The summed E-state index contributed by atoms with van der Waals surface area (Å²) in [6, 6.07) is 10.0. The van der Waals surface area contributed by atoms with Crippen LogP contribution in [0.5, 0.6) is 5.75 Å². The van der Waals surface area contributed by atoms with Crippen molar-refractivity contribution in [3.05, 3.63) is 54.5 Å². The Kier molecular flexibility index (Phi) is 6.98. The van der Waals surface area contributed by atoms with Crippen LogP contribution in [-0.2, 0) is 9.84 Å². The zero-order valence-corrected chi connectivity index (χ0v) is 17.9. The molecule has 13 heteroatoms. The summed E-state index contributed by atoms with van der Waals surface area (Å²) in [5.41, 5.74) is 0.355. The van der Waals surface area contributed by atoms with Crippen molar-refractivity contribution in [2.24, 2.45) is 0 Å². The van der Waals surface area contributed by atoms with E-state index in [2.05, 4.69) is 25.6 Å². The summed E-state index contributed by atoms with van der Waals surface area (Å²) in [6.45, 7) is -0.0987. The van der Waals surface area contributed by atoms with Gasteiger partial charge < -0.3 is 15.4 Å². The number of ether oxygens (including phenoxy) is 1. The number of alkyl halides is 3. The van der Waals surface area contributed by atoms with Crippen LogP contribution in [0.3, 0.4) is 0 Å². The second-order valence-electron chi connectivity index (χ2n) is 6.55. The number of rotatable bonds is 8. The lowest BCUT2D eigenvalue weighted by Crippen LogP contribution is -2.19. The van der Waals surface area contributed by atoms with Gasteiger partial charge in [0.15, 0.2) is 16.4 Å². The van der Waals surface area contributed by atoms with Gasteiger partial charge in [0.1, 0.15) is 35.6 Å². The zero-order chi connectivity index (χ0) is 24.1. The Labute approximate surface area is 187 Å². The largest absolute Gasteiger partial charge is 0.482 e. The molecule has 0 bridgehead atoms. The number of sulfone groups is 1. The summed E-state index contributed by atoms with van der Waals surface area (Å²) < 4.78 is 67.2. The quantitative estimate of drug-likeness (QED) is 0.494. The van der Waals surface area contributed by atoms with E-state index >= 15 is 0 Å². The Morgan fingerprint density at radius 1 is 1.03 bits per heavy atom. The molecule has 0 atom stereocenters. The summed E-state index contributed by atoms with van der Waals surface area (Å²) in [7, 11) is -3.62. The van der Waals surface area contributed by atoms with E-state index in [9.17, 15) is 21.6 Å². The number of pyridine rings is 1. The molecule has 0 aliphatic heterocycles. The summed E-state index contributed by atoms with van der Waals surface area (Å²) in [5, 5.41) is 14.5. The van der Waals surface area contributed by atoms with E-state index in [0.717, 1.165) is 6.07 Å². The van der Waals surface area contributed by atoms with E-state index in [1.54, 1.807) is 12.1 Å². The van der Waals surface area contributed by atoms with Crippen molar-refractivity contribution in [2.75, 3.05) is 23.0 Å². The monoisotopic (exact) mass is 478 g/mol. The Bertz CT molecular complexity index is 1280. The molecule has 2 heterocycles. The average molecular weight is 478 g/mol. The summed E-state index contributed by atoms with van der Waals surface area (Å²) in [4.78, 5) is 12.0. The summed E-state index contributed by atoms with van der Waals surface area (Å²) in [5.74, 6) is 0.450. The lowest BCUT2D eigenvalue weighted by molar-refractivity contribution is -0.153. The van der Waals surface area contributed by atoms with Crippen molar-refractivity contribution in [3.63, 3.8) is 0 Å². The van der Waals surface area contributed by atoms with Crippen LogP contribution in [0.25, 0.3) is 0 Å². The minimum atomic E-state index is -4.58. The molecule has 0 saturated carbocycles. The van der Waals surface area contributed by atoms with E-state index in [4.69, 9.17) is 10.00 Å². The predicted octanol–water partition coefficient (Wildman–Crippen LogP) is 3.97. The molecule has 0 radical (unpaired) electrons. The fraction of sp³-hybridized carbons (Fsp3) is 0.200. The van der Waals surface area contributed by atoms with Gasteiger partial charge in [0.25, 0.3) is 0 Å². The van der Waals surface area contributed by atoms with E-state index < -0.39 is 22.6 Å². The van der Waals surface area contributed by atoms with E-state index in [-0.39, 0.29) is 27.9 Å². The van der Waals surface area contributed by atoms with Gasteiger partial charge in [0.05, 0.1) is 21.9 Å². The predicted molar refractivity (Wildman–Crippen MR) is 113 cm³/mol. The van der Waals surface area contributed by atoms with E-state index in [1.165, 1.54) is 37.6 Å². The number of hydrogen-bond donors (Lipinski definition) is 2. The van der Waals surface area contributed by atoms with Crippen LogP contribution in [0.4, 0.5) is 36.3 Å². The van der Waals surface area contributed by atoms with E-state index in [0.29, 0.717) is 17.2 Å². The van der Waals surface area contributed by atoms with Crippen LogP contribution in [0.1, 0.15) is 12.5 Å². The number of nitriles is 1. The second-order valence-corrected chi connectivity index (χ2v) is 8.83. The summed E-state index contributed by atoms with van der Waals surface area (Å²) >= 11 is 0. The molecule has 9 nitrogen and oxygen atoms in total. The molecule has 2 N–H and O–H groups in total. The van der Waals surface area contributed by atoms with Crippen LogP contribution >= 0.6 is 0 Å². The molecule has 3 aromatic rings. The number of hydrogen-bond acceptors (Lipinski definition) is 9. The smallest absolute Gasteiger partial charge is 0.422 e. The van der Waals surface area contributed by atoms with Gasteiger partial charge in [-0.1, -0.05) is 6.92 Å². The van der Waals surface area contributed by atoms with Crippen molar-refractivity contribution in [3.8, 4) is 11.8 Å². The van der Waals surface area contributed by atoms with Crippen molar-refractivity contribution < 1.29 is 26.3 Å². The average Bonchev–Trinajstić information content (AvgIpc) is 2.78. The highest BCUT2D eigenvalue weighted by atomic mass is 32.2. The molecule has 0 aliphatic carbocycles. The number of nitrogens with zero attached hydrogens (tertiary/aromatic N) is 4. The minimum absolute atomic E-state index is 0.0186. The molecule has 3 rings (SSSR count). The summed E-state index contributed by atoms with van der Waals surface area (Å²) in [6.07, 6.45) is -2.02. The van der Waals surface area contributed by atoms with Gasteiger partial charge in [0.2, 0.25) is 0 Å². The Morgan fingerprint density at radius 2 is 1.76 bits per heavy atom. The van der Waals surface area contributed by atoms with Crippen molar-refractivity contribution >= 4 is 33.0 Å². The molecule has 0 amide bonds. The molecule has 2 aromatic heterocycles. The molecule has 172 valence electrons. The lowest BCUT2D eigenvalue weighted by Gasteiger charge is -2.16. The van der Waals surface area contributed by atoms with Gasteiger partial charge in [-0.3, -0.25) is 0 Å². The number of anilines is 4. The topological polar surface area (TPSA) is 130 Å². The first-order chi connectivity index (χ1) is 15.6. The maximum atomic E-state index is 12.6. The highest BCUT2D eigenvalue weighted by Gasteiger charge is 2.29. The fourth-order valence-corrected chi connectivity index (χ4v) is 3.46. The van der Waals surface area contributed by atoms with Crippen LogP contribution < -0.4 is 15.4 Å². The van der Waals surface area contributed by atoms with Crippen molar-refractivity contribution in [1.82, 2.24) is 15.0 Å². The second kappa shape index (κ2) is 9.70. The Hall–Kier alpha value is -3.92. The van der Waals surface area contributed by atoms with Gasteiger partial charge in [-0.2, -0.15) is 18.4 Å². The normalized spacial score (nSPS) is 11.5. The SMILES string of the molecule is CCS(=O)(=O)c1ccc(OCC(F)(F)F)c(Nc2cc(Nc3ccc(C#N)cn3)ncn2)c1. The molecule has 0 fully saturated rings. The van der Waals surface area contributed by atoms with Crippen molar-refractivity contribution in [2.45, 2.75) is 18.0 Å². The molecule has 0 unspecified atom stereocenters. The molecule has 33 heavy (non-hydrogen) atoms. The standard InChI is InChI=1S/C20H17F3N6O3S/c1-2-33(30,31)14-4-5-16(32-11-20(21,22)23)15(7-14)28-18-8-19(27-12-26-18)29-17-6-3-13(9-24)10-25-17/h3-8,10,12H,2,11H2,1H3,(H2,25,26,27,28,29). The van der Waals surface area contributed by atoms with Gasteiger partial charge in [-0.05, 0) is 30.3 Å². The first-order valence-corrected chi connectivity index (χ1v) is 11.0. The maximum Gasteiger partial charge on any atom is 0.422 e. The first kappa shape index (κ1) is 23.7. The molecular formula is C20H17F3N6O3S. The van der Waals surface area contributed by atoms with Crippen LogP contribution in [0.2, 0.25) is 0 Å². The van der Waals surface area contributed by atoms with E-state index in [1.807, 2.05) is 6.07 Å². The third-order valence-corrected chi connectivity index (χ3v) is 5.89. The van der Waals surface area contributed by atoms with Crippen LogP contribution in [0, 0.1) is 11.3 Å². The molecular weight excluding hydrogens is 461 g/mol. The lowest BCUT2D eigenvalue weighted by atomic mass is 10.3. The highest BCUT2D eigenvalue weighted by Crippen LogP contribution is 2.32. The first-order valence-electron chi connectivity index (χ1n) is 9.38. The van der Waals surface area contributed by atoms with Crippen LogP contribution in [-0.4, -0.2) is 41.9 Å². The highest BCUT2D eigenvalue weighted by molar-refractivity contribution is 7.91. The van der Waals surface area contributed by atoms with Gasteiger partial charge in [-0.25, -0.2) is 23.4 Å². The third-order valence-electron chi connectivity index (χ3n) is 4.16. The Morgan fingerprint density at radius 3 is 2.36 bits per heavy atom. The number of halogens is 3. The minimum Gasteiger partial charge on any atom is -0.482 e. The Balaban J connectivity index is 1.89. The van der Waals surface area contributed by atoms with Crippen molar-refractivity contribution in [1.29, 1.82) is 5.26 Å². The van der Waals surface area contributed by atoms with Gasteiger partial charge >= 0.3 is 6.18 Å². The molecule has 0 spiro atoms. The van der Waals surface area contributed by atoms with Gasteiger partial charge in [-0.15, -0.1) is 0 Å². The zero-order valence-electron chi connectivity index (χ0n) is 17.1. The molecule has 0 aliphatic rings. The molecule has 1 aromatic carbocycles. The number of benzene rings is 1. The number of nitrogens with one attached hydrogen (secondary N) is 2. The van der Waals surface area contributed by atoms with Gasteiger partial charge in [0, 0.05) is 12.3 Å². The van der Waals surface area contributed by atoms with Crippen LogP contribution in [0.15, 0.2) is 53.8 Å².